The van der Waals surface area contributed by atoms with Crippen LogP contribution in [0.1, 0.15) is 33.4 Å². The van der Waals surface area contributed by atoms with Crippen molar-refractivity contribution < 1.29 is 9.47 Å². The Kier molecular flexibility index (Phi) is 9.93. The number of anilines is 6. The van der Waals surface area contributed by atoms with Gasteiger partial charge in [0.05, 0.1) is 84.0 Å². The lowest BCUT2D eigenvalue weighted by molar-refractivity contribution is 0.373. The Labute approximate surface area is 367 Å². The van der Waals surface area contributed by atoms with E-state index in [1.165, 1.54) is 0 Å². The Hall–Kier alpha value is -8.50. The van der Waals surface area contributed by atoms with E-state index in [2.05, 4.69) is 107 Å². The van der Waals surface area contributed by atoms with Gasteiger partial charge in [-0.1, -0.05) is 84.9 Å². The van der Waals surface area contributed by atoms with Crippen LogP contribution in [0.4, 0.5) is 34.1 Å². The van der Waals surface area contributed by atoms with E-state index in [0.717, 1.165) is 88.9 Å². The molecule has 9 heteroatoms. The van der Waals surface area contributed by atoms with Gasteiger partial charge in [0.1, 0.15) is 11.5 Å². The number of aromatic nitrogens is 2. The molecule has 0 amide bonds. The summed E-state index contributed by atoms with van der Waals surface area (Å²) in [4.78, 5) is 15.3. The summed E-state index contributed by atoms with van der Waals surface area (Å²) in [6.07, 6.45) is 8.04. The highest BCUT2D eigenvalue weighted by Crippen LogP contribution is 2.45. The van der Waals surface area contributed by atoms with Crippen LogP contribution in [0.5, 0.6) is 0 Å². The number of hydrogen-bond donors (Lipinski definition) is 0. The quantitative estimate of drug-likeness (QED) is 0.140. The van der Waals surface area contributed by atoms with E-state index in [0.29, 0.717) is 11.1 Å². The van der Waals surface area contributed by atoms with E-state index in [1.807, 2.05) is 109 Å². The number of fused-ring (bicyclic) bond motifs is 4. The molecular formula is C54H38N6O2Si. The van der Waals surface area contributed by atoms with E-state index in [9.17, 15) is 10.5 Å². The average molecular weight is 831 g/mol. The maximum Gasteiger partial charge on any atom is 0.223 e. The number of methoxy groups -OCH3 is 2. The smallest absolute Gasteiger partial charge is 0.223 e. The van der Waals surface area contributed by atoms with Gasteiger partial charge in [-0.15, -0.1) is 0 Å². The fraction of sp³-hybridized carbons (Fsp3) is 0.0370. The van der Waals surface area contributed by atoms with Crippen molar-refractivity contribution in [2.75, 3.05) is 24.0 Å². The van der Waals surface area contributed by atoms with Crippen LogP contribution in [-0.2, 0) is 9.47 Å². The maximum absolute atomic E-state index is 9.91. The molecule has 0 spiro atoms. The van der Waals surface area contributed by atoms with E-state index in [1.54, 1.807) is 14.2 Å². The van der Waals surface area contributed by atoms with Gasteiger partial charge in [0.2, 0.25) is 8.07 Å². The summed E-state index contributed by atoms with van der Waals surface area (Å²) >= 11 is 0. The van der Waals surface area contributed by atoms with Gasteiger partial charge in [0, 0.05) is 32.9 Å². The predicted octanol–water partition coefficient (Wildman–Crippen LogP) is 9.45. The number of para-hydroxylation sites is 4. The largest absolute Gasteiger partial charge is 0.496 e. The highest BCUT2D eigenvalue weighted by Gasteiger charge is 2.45. The summed E-state index contributed by atoms with van der Waals surface area (Å²) in [5, 5.41) is 23.5. The summed E-state index contributed by atoms with van der Waals surface area (Å²) in [5.74, 6) is 1.55. The van der Waals surface area contributed by atoms with Crippen molar-refractivity contribution in [2.45, 2.75) is 0 Å². The molecule has 0 fully saturated rings. The molecule has 0 bridgehead atoms. The lowest BCUT2D eigenvalue weighted by Gasteiger charge is -2.33. The molecule has 2 aliphatic heterocycles. The second-order valence-corrected chi connectivity index (χ2v) is 18.9. The first kappa shape index (κ1) is 38.7. The van der Waals surface area contributed by atoms with Crippen LogP contribution in [0.2, 0.25) is 0 Å². The average Bonchev–Trinajstić information content (AvgIpc) is 3.59. The van der Waals surface area contributed by atoms with E-state index < -0.39 is 8.07 Å². The van der Waals surface area contributed by atoms with Crippen LogP contribution in [0, 0.1) is 22.7 Å². The van der Waals surface area contributed by atoms with Crippen LogP contribution < -0.4 is 30.8 Å². The van der Waals surface area contributed by atoms with E-state index in [-0.39, 0.29) is 0 Å². The minimum Gasteiger partial charge on any atom is -0.496 e. The molecule has 8 aromatic rings. The van der Waals surface area contributed by atoms with Gasteiger partial charge in [-0.2, -0.15) is 10.5 Å². The van der Waals surface area contributed by atoms with Crippen molar-refractivity contribution in [1.82, 2.24) is 9.97 Å². The standard InChI is InChI=1S/C54H38N6O2Si/c1-61-51-31-39-11-3-7-15-47(39)59(49-17-9-5-13-45(49)51)41-23-29-53(57-35-41)63(43-25-19-37(33-55)20-26-43,44-27-21-38(34-56)22-28-44)54-30-24-42(36-58-54)60-48-16-8-4-12-40(48)32-52(62-2)46-14-6-10-18-50(46)60/h3-32,35-36H,1-2H3. The first-order valence-electron chi connectivity index (χ1n) is 20.5. The van der Waals surface area contributed by atoms with E-state index >= 15 is 0 Å². The molecule has 6 aromatic carbocycles. The Morgan fingerprint density at radius 2 is 0.825 bits per heavy atom. The Morgan fingerprint density at radius 3 is 1.19 bits per heavy atom. The number of nitrogens with zero attached hydrogens (tertiary/aromatic N) is 6. The zero-order valence-corrected chi connectivity index (χ0v) is 35.5. The topological polar surface area (TPSA) is 98.3 Å². The van der Waals surface area contributed by atoms with Crippen LogP contribution in [0.25, 0.3) is 23.7 Å². The number of rotatable bonds is 8. The fourth-order valence-corrected chi connectivity index (χ4v) is 13.2. The highest BCUT2D eigenvalue weighted by molar-refractivity contribution is 7.19. The maximum atomic E-state index is 9.91. The van der Waals surface area contributed by atoms with Crippen molar-refractivity contribution in [1.29, 1.82) is 10.5 Å². The third-order valence-electron chi connectivity index (χ3n) is 11.9. The normalized spacial score (nSPS) is 12.7. The Balaban J connectivity index is 1.18. The number of benzene rings is 6. The lowest BCUT2D eigenvalue weighted by atomic mass is 10.1. The van der Waals surface area contributed by atoms with Crippen LogP contribution in [0.3, 0.4) is 0 Å². The number of nitriles is 2. The van der Waals surface area contributed by atoms with Crippen molar-refractivity contribution in [3.8, 4) is 12.1 Å². The molecule has 0 N–H and O–H groups in total. The van der Waals surface area contributed by atoms with Gasteiger partial charge in [-0.3, -0.25) is 9.97 Å². The molecule has 300 valence electrons. The minimum atomic E-state index is -3.40. The van der Waals surface area contributed by atoms with Crippen LogP contribution >= 0.6 is 0 Å². The third kappa shape index (κ3) is 6.52. The molecule has 0 saturated heterocycles. The first-order chi connectivity index (χ1) is 31.0. The van der Waals surface area contributed by atoms with Gasteiger partial charge >= 0.3 is 0 Å². The van der Waals surface area contributed by atoms with Crippen LogP contribution in [-0.4, -0.2) is 32.3 Å². The van der Waals surface area contributed by atoms with Gasteiger partial charge < -0.3 is 19.3 Å². The zero-order valence-electron chi connectivity index (χ0n) is 34.5. The summed E-state index contributed by atoms with van der Waals surface area (Å²) < 4.78 is 11.9. The second kappa shape index (κ2) is 16.2. The van der Waals surface area contributed by atoms with E-state index in [4.69, 9.17) is 19.4 Å². The molecule has 0 atom stereocenters. The number of hydrogen-bond acceptors (Lipinski definition) is 8. The second-order valence-electron chi connectivity index (χ2n) is 15.2. The molecule has 0 radical (unpaired) electrons. The van der Waals surface area contributed by atoms with Crippen LogP contribution in [0.15, 0.2) is 182 Å². The molecule has 10 rings (SSSR count). The monoisotopic (exact) mass is 830 g/mol. The Morgan fingerprint density at radius 1 is 0.444 bits per heavy atom. The summed E-state index contributed by atoms with van der Waals surface area (Å²) in [6, 6.07) is 61.7. The number of pyridine rings is 2. The zero-order chi connectivity index (χ0) is 42.9. The molecule has 0 saturated carbocycles. The lowest BCUT2D eigenvalue weighted by Crippen LogP contribution is -2.76. The third-order valence-corrected chi connectivity index (χ3v) is 16.4. The summed E-state index contributed by atoms with van der Waals surface area (Å²) in [7, 11) is 0.0106. The fourth-order valence-electron chi connectivity index (χ4n) is 8.93. The molecule has 2 aliphatic rings. The predicted molar refractivity (Wildman–Crippen MR) is 254 cm³/mol. The van der Waals surface area contributed by atoms with Crippen molar-refractivity contribution >= 4 is 86.9 Å². The molecule has 8 nitrogen and oxygen atoms in total. The SMILES string of the molecule is COC1=Cc2ccccc2N(c2ccc([Si](c3ccc(C#N)cc3)(c3ccc(C#N)cc3)c3ccc(N4c5ccccc5C=C(OC)c5ccccc54)cn3)nc2)c2ccccc21. The molecule has 2 aromatic heterocycles. The van der Waals surface area contributed by atoms with Gasteiger partial charge in [-0.25, -0.2) is 0 Å². The molecule has 0 unspecified atom stereocenters. The summed E-state index contributed by atoms with van der Waals surface area (Å²) in [5.41, 5.74) is 10.7. The Bertz CT molecular complexity index is 2950. The van der Waals surface area contributed by atoms with Gasteiger partial charge in [0.25, 0.3) is 0 Å². The summed E-state index contributed by atoms with van der Waals surface area (Å²) in [6.45, 7) is 0. The molecular weight excluding hydrogens is 793 g/mol. The van der Waals surface area contributed by atoms with Gasteiger partial charge in [-0.05, 0) is 107 Å². The van der Waals surface area contributed by atoms with Crippen molar-refractivity contribution in [2.24, 2.45) is 0 Å². The highest BCUT2D eigenvalue weighted by atomic mass is 28.3. The minimum absolute atomic E-state index is 0.554. The molecule has 63 heavy (non-hydrogen) atoms. The molecule has 4 heterocycles. The van der Waals surface area contributed by atoms with Crippen molar-refractivity contribution in [3.05, 3.63) is 216 Å². The number of ether oxygens (including phenoxy) is 2. The molecule has 0 aliphatic carbocycles. The van der Waals surface area contributed by atoms with Gasteiger partial charge in [0.15, 0.2) is 0 Å². The van der Waals surface area contributed by atoms with Crippen molar-refractivity contribution in [3.63, 3.8) is 0 Å². The first-order valence-corrected chi connectivity index (χ1v) is 22.5.